The zero-order valence-electron chi connectivity index (χ0n) is 10.2. The molecule has 0 saturated heterocycles. The maximum absolute atomic E-state index is 12.5. The largest absolute Gasteiger partial charge is 0.606 e. The molecule has 2 rings (SSSR count). The normalized spacial score (nSPS) is 12.3. The molecule has 0 fully saturated rings. The van der Waals surface area contributed by atoms with Gasteiger partial charge in [0.1, 0.15) is 0 Å². The van der Waals surface area contributed by atoms with E-state index in [-0.39, 0.29) is 13.2 Å². The van der Waals surface area contributed by atoms with Crippen molar-refractivity contribution in [2.75, 3.05) is 13.2 Å². The lowest BCUT2D eigenvalue weighted by molar-refractivity contribution is 0.220. The Hall–Kier alpha value is -0.980. The van der Waals surface area contributed by atoms with Crippen LogP contribution in [0.4, 0.5) is 0 Å². The van der Waals surface area contributed by atoms with Crippen LogP contribution in [0.5, 0.6) is 0 Å². The topological polar surface area (TPSA) is 52.5 Å². The molecule has 2 aromatic rings. The van der Waals surface area contributed by atoms with E-state index in [0.717, 1.165) is 26.7 Å². The first-order chi connectivity index (χ1) is 9.33. The summed E-state index contributed by atoms with van der Waals surface area (Å²) in [6.45, 7) is 0.216. The third kappa shape index (κ3) is 3.99. The Morgan fingerprint density at radius 3 is 2.47 bits per heavy atom. The van der Waals surface area contributed by atoms with Gasteiger partial charge < -0.3 is 13.8 Å². The Balaban J connectivity index is 2.19. The zero-order chi connectivity index (χ0) is 13.5. The highest BCUT2D eigenvalue weighted by Crippen LogP contribution is 2.30. The van der Waals surface area contributed by atoms with Gasteiger partial charge in [0.15, 0.2) is 9.79 Å². The standard InChI is InChI=1S/C14H14O3S2/c15-10-11-17-18-13-8-4-5-9-14(13)19(16)12-6-2-1-3-7-12/h1-9,15H,10-11H2. The maximum atomic E-state index is 12.5. The van der Waals surface area contributed by atoms with Crippen molar-refractivity contribution in [3.63, 3.8) is 0 Å². The van der Waals surface area contributed by atoms with Crippen LogP contribution >= 0.6 is 12.0 Å². The van der Waals surface area contributed by atoms with E-state index >= 15 is 0 Å². The quantitative estimate of drug-likeness (QED) is 0.505. The number of aliphatic hydroxyl groups is 1. The second-order valence-corrected chi connectivity index (χ2v) is 5.95. The average molecular weight is 294 g/mol. The molecule has 100 valence electrons. The van der Waals surface area contributed by atoms with Crippen LogP contribution in [-0.4, -0.2) is 22.9 Å². The summed E-state index contributed by atoms with van der Waals surface area (Å²) >= 11 is -0.0855. The van der Waals surface area contributed by atoms with Gasteiger partial charge in [-0.25, -0.2) is 0 Å². The molecule has 0 aliphatic rings. The molecule has 1 atom stereocenters. The fourth-order valence-corrected chi connectivity index (χ4v) is 3.50. The van der Waals surface area contributed by atoms with Crippen LogP contribution < -0.4 is 0 Å². The molecule has 3 nitrogen and oxygen atoms in total. The summed E-state index contributed by atoms with van der Waals surface area (Å²) < 4.78 is 17.7. The third-order valence-electron chi connectivity index (χ3n) is 2.33. The van der Waals surface area contributed by atoms with E-state index in [1.165, 1.54) is 0 Å². The van der Waals surface area contributed by atoms with Crippen LogP contribution in [0.1, 0.15) is 0 Å². The van der Waals surface area contributed by atoms with Crippen LogP contribution in [0.2, 0.25) is 0 Å². The lowest BCUT2D eigenvalue weighted by Gasteiger charge is -2.12. The predicted molar refractivity (Wildman–Crippen MR) is 76.5 cm³/mol. The van der Waals surface area contributed by atoms with E-state index < -0.39 is 11.2 Å². The first-order valence-electron chi connectivity index (χ1n) is 5.79. The van der Waals surface area contributed by atoms with Crippen LogP contribution in [0.25, 0.3) is 0 Å². The van der Waals surface area contributed by atoms with Gasteiger partial charge in [0.05, 0.1) is 18.1 Å². The monoisotopic (exact) mass is 294 g/mol. The number of rotatable bonds is 6. The van der Waals surface area contributed by atoms with Gasteiger partial charge in [-0.15, -0.1) is 0 Å². The summed E-state index contributed by atoms with van der Waals surface area (Å²) in [6.07, 6.45) is 0. The van der Waals surface area contributed by atoms with E-state index in [0.29, 0.717) is 0 Å². The first-order valence-corrected chi connectivity index (χ1v) is 7.68. The summed E-state index contributed by atoms with van der Waals surface area (Å²) in [7, 11) is 0. The van der Waals surface area contributed by atoms with Crippen molar-refractivity contribution >= 4 is 23.2 Å². The highest BCUT2D eigenvalue weighted by Gasteiger charge is 2.19. The molecule has 0 saturated carbocycles. The Bertz CT molecular complexity index is 505. The van der Waals surface area contributed by atoms with Crippen molar-refractivity contribution in [1.82, 2.24) is 0 Å². The molecule has 1 N–H and O–H groups in total. The second-order valence-electron chi connectivity index (χ2n) is 3.66. The molecule has 1 unspecified atom stereocenters. The molecule has 2 aromatic carbocycles. The van der Waals surface area contributed by atoms with E-state index in [1.807, 2.05) is 54.6 Å². The Morgan fingerprint density at radius 1 is 1.05 bits per heavy atom. The van der Waals surface area contributed by atoms with E-state index in [4.69, 9.17) is 9.29 Å². The van der Waals surface area contributed by atoms with Gasteiger partial charge in [-0.1, -0.05) is 30.3 Å². The van der Waals surface area contributed by atoms with Crippen LogP contribution in [-0.2, 0) is 15.4 Å². The SMILES string of the molecule is [O-][S+](c1ccccc1)c1ccccc1SOCCO. The number of hydrogen-bond donors (Lipinski definition) is 1. The molecule has 0 aliphatic heterocycles. The molecule has 0 amide bonds. The summed E-state index contributed by atoms with van der Waals surface area (Å²) in [5.41, 5.74) is 0. The van der Waals surface area contributed by atoms with Crippen molar-refractivity contribution in [3.05, 3.63) is 54.6 Å². The molecule has 0 aliphatic carbocycles. The first kappa shape index (κ1) is 14.4. The molecule has 0 radical (unpaired) electrons. The molecular formula is C14H14O3S2. The van der Waals surface area contributed by atoms with Crippen LogP contribution in [0.15, 0.2) is 69.3 Å². The van der Waals surface area contributed by atoms with Gasteiger partial charge in [-0.05, 0) is 24.3 Å². The van der Waals surface area contributed by atoms with Crippen molar-refractivity contribution < 1.29 is 13.8 Å². The second kappa shape index (κ2) is 7.57. The molecule has 0 bridgehead atoms. The van der Waals surface area contributed by atoms with Crippen LogP contribution in [0.3, 0.4) is 0 Å². The lowest BCUT2D eigenvalue weighted by Crippen LogP contribution is -2.03. The van der Waals surface area contributed by atoms with Gasteiger partial charge in [-0.3, -0.25) is 0 Å². The zero-order valence-corrected chi connectivity index (χ0v) is 11.8. The average Bonchev–Trinajstić information content (AvgIpc) is 2.48. The van der Waals surface area contributed by atoms with Crippen molar-refractivity contribution in [3.8, 4) is 0 Å². The molecule has 5 heteroatoms. The fraction of sp³-hybridized carbons (Fsp3) is 0.143. The molecule has 19 heavy (non-hydrogen) atoms. The smallest absolute Gasteiger partial charge is 0.174 e. The molecular weight excluding hydrogens is 280 g/mol. The van der Waals surface area contributed by atoms with Crippen molar-refractivity contribution in [2.45, 2.75) is 14.7 Å². The van der Waals surface area contributed by atoms with Gasteiger partial charge in [0.2, 0.25) is 0 Å². The lowest BCUT2D eigenvalue weighted by atomic mass is 10.4. The number of benzene rings is 2. The Morgan fingerprint density at radius 2 is 1.74 bits per heavy atom. The predicted octanol–water partition coefficient (Wildman–Crippen LogP) is 2.87. The van der Waals surface area contributed by atoms with Gasteiger partial charge in [0, 0.05) is 23.2 Å². The van der Waals surface area contributed by atoms with Gasteiger partial charge >= 0.3 is 0 Å². The Labute approximate surface area is 120 Å². The van der Waals surface area contributed by atoms with Gasteiger partial charge in [0.25, 0.3) is 0 Å². The summed E-state index contributed by atoms with van der Waals surface area (Å²) in [6, 6.07) is 16.7. The molecule has 0 spiro atoms. The van der Waals surface area contributed by atoms with Gasteiger partial charge in [-0.2, -0.15) is 0 Å². The third-order valence-corrected chi connectivity index (χ3v) is 4.73. The minimum Gasteiger partial charge on any atom is -0.606 e. The highest BCUT2D eigenvalue weighted by molar-refractivity contribution is 7.96. The summed E-state index contributed by atoms with van der Waals surface area (Å²) in [5, 5.41) is 8.70. The van der Waals surface area contributed by atoms with Crippen molar-refractivity contribution in [2.24, 2.45) is 0 Å². The van der Waals surface area contributed by atoms with Crippen LogP contribution in [0, 0.1) is 0 Å². The highest BCUT2D eigenvalue weighted by atomic mass is 32.2. The summed E-state index contributed by atoms with van der Waals surface area (Å²) in [4.78, 5) is 2.28. The van der Waals surface area contributed by atoms with E-state index in [2.05, 4.69) is 0 Å². The Kier molecular flexibility index (Phi) is 5.75. The molecule has 0 heterocycles. The van der Waals surface area contributed by atoms with E-state index in [9.17, 15) is 4.55 Å². The summed E-state index contributed by atoms with van der Waals surface area (Å²) in [5.74, 6) is 0. The molecule has 0 aromatic heterocycles. The fourth-order valence-electron chi connectivity index (χ4n) is 1.49. The number of hydrogen-bond acceptors (Lipinski definition) is 4. The van der Waals surface area contributed by atoms with E-state index in [1.54, 1.807) is 0 Å². The minimum absolute atomic E-state index is 0.0308. The number of aliphatic hydroxyl groups excluding tert-OH is 1. The van der Waals surface area contributed by atoms with Crippen molar-refractivity contribution in [1.29, 1.82) is 0 Å². The maximum Gasteiger partial charge on any atom is 0.174 e. The minimum atomic E-state index is -1.23.